The number of nitrogens with zero attached hydrogens (tertiary/aromatic N) is 3. The molecule has 4 aromatic rings. The number of carbonyl (C=O) groups is 2. The summed E-state index contributed by atoms with van der Waals surface area (Å²) >= 11 is 0. The molecule has 0 fully saturated rings. The van der Waals surface area contributed by atoms with E-state index < -0.39 is 5.91 Å². The molecule has 174 valence electrons. The number of fused-ring (bicyclic) bond motifs is 1. The van der Waals surface area contributed by atoms with Gasteiger partial charge in [-0.05, 0) is 57.5 Å². The molecule has 0 aliphatic heterocycles. The molecule has 3 aromatic heterocycles. The van der Waals surface area contributed by atoms with Gasteiger partial charge in [0.15, 0.2) is 5.65 Å². The number of benzene rings is 1. The Morgan fingerprint density at radius 2 is 1.85 bits per heavy atom. The summed E-state index contributed by atoms with van der Waals surface area (Å²) in [5.74, 6) is -0.862. The van der Waals surface area contributed by atoms with Crippen molar-refractivity contribution in [2.24, 2.45) is 5.73 Å². The van der Waals surface area contributed by atoms with E-state index in [0.717, 1.165) is 16.8 Å². The highest BCUT2D eigenvalue weighted by atomic mass is 16.2. The number of aromatic nitrogens is 4. The molecule has 0 unspecified atom stereocenters. The van der Waals surface area contributed by atoms with Crippen molar-refractivity contribution in [2.45, 2.75) is 40.3 Å². The number of rotatable bonds is 6. The highest BCUT2D eigenvalue weighted by molar-refractivity contribution is 6.06. The van der Waals surface area contributed by atoms with Crippen LogP contribution in [0.4, 0.5) is 0 Å². The fraction of sp³-hybridized carbons (Fsp3) is 0.240. The summed E-state index contributed by atoms with van der Waals surface area (Å²) in [6, 6.07) is 10.3. The zero-order chi connectivity index (χ0) is 24.6. The van der Waals surface area contributed by atoms with Crippen LogP contribution in [0, 0.1) is 13.8 Å². The second-order valence-corrected chi connectivity index (χ2v) is 8.54. The minimum Gasteiger partial charge on any atom is -0.366 e. The first-order chi connectivity index (χ1) is 16.2. The third kappa shape index (κ3) is 4.32. The van der Waals surface area contributed by atoms with Gasteiger partial charge < -0.3 is 16.0 Å². The fourth-order valence-corrected chi connectivity index (χ4v) is 3.90. The van der Waals surface area contributed by atoms with Crippen molar-refractivity contribution in [2.75, 3.05) is 0 Å². The van der Waals surface area contributed by atoms with Crippen LogP contribution in [0.15, 0.2) is 47.4 Å². The molecule has 0 saturated carbocycles. The molecule has 0 aliphatic carbocycles. The minimum absolute atomic E-state index is 0.0298. The number of aryl methyl sites for hydroxylation is 2. The maximum atomic E-state index is 13.3. The predicted molar refractivity (Wildman–Crippen MR) is 130 cm³/mol. The number of amides is 2. The minimum atomic E-state index is -0.519. The van der Waals surface area contributed by atoms with Crippen molar-refractivity contribution in [3.8, 4) is 11.3 Å². The van der Waals surface area contributed by atoms with E-state index in [-0.39, 0.29) is 24.1 Å². The van der Waals surface area contributed by atoms with Gasteiger partial charge in [0.1, 0.15) is 0 Å². The van der Waals surface area contributed by atoms with Gasteiger partial charge in [0.2, 0.25) is 5.91 Å². The normalized spacial score (nSPS) is 11.2. The van der Waals surface area contributed by atoms with Crippen LogP contribution in [0.2, 0.25) is 0 Å². The molecular formula is C25H26N6O3. The number of hydrogen-bond acceptors (Lipinski definition) is 5. The average Bonchev–Trinajstić information content (AvgIpc) is 3.22. The van der Waals surface area contributed by atoms with Crippen molar-refractivity contribution in [1.29, 1.82) is 0 Å². The number of aromatic amines is 1. The van der Waals surface area contributed by atoms with Crippen LogP contribution < -0.4 is 16.6 Å². The summed E-state index contributed by atoms with van der Waals surface area (Å²) in [6.45, 7) is 7.71. The number of nitrogens with two attached hydrogens (primary N) is 1. The lowest BCUT2D eigenvalue weighted by atomic mass is 10.0. The van der Waals surface area contributed by atoms with E-state index >= 15 is 0 Å². The monoisotopic (exact) mass is 458 g/mol. The lowest BCUT2D eigenvalue weighted by Gasteiger charge is -2.12. The Morgan fingerprint density at radius 3 is 2.47 bits per heavy atom. The van der Waals surface area contributed by atoms with Gasteiger partial charge in [-0.1, -0.05) is 12.1 Å². The van der Waals surface area contributed by atoms with Gasteiger partial charge in [-0.3, -0.25) is 14.4 Å². The van der Waals surface area contributed by atoms with E-state index in [1.165, 1.54) is 0 Å². The highest BCUT2D eigenvalue weighted by Crippen LogP contribution is 2.26. The molecule has 9 nitrogen and oxygen atoms in total. The van der Waals surface area contributed by atoms with E-state index in [0.29, 0.717) is 33.4 Å². The Morgan fingerprint density at radius 1 is 1.15 bits per heavy atom. The Labute approximate surface area is 196 Å². The van der Waals surface area contributed by atoms with Crippen LogP contribution >= 0.6 is 0 Å². The lowest BCUT2D eigenvalue weighted by Crippen LogP contribution is -2.28. The third-order valence-corrected chi connectivity index (χ3v) is 5.69. The zero-order valence-electron chi connectivity index (χ0n) is 19.5. The Balaban J connectivity index is 1.76. The van der Waals surface area contributed by atoms with Crippen molar-refractivity contribution >= 4 is 22.8 Å². The second-order valence-electron chi connectivity index (χ2n) is 8.54. The average molecular weight is 459 g/mol. The molecule has 4 N–H and O–H groups in total. The van der Waals surface area contributed by atoms with Gasteiger partial charge in [-0.2, -0.15) is 5.10 Å². The SMILES string of the molecule is Cc1cc(C)c(CNC(=O)c2cc(-c3ccc(C(N)=O)cc3)nc3c2cnn3C(C)C)c(=O)[nH]1. The first-order valence-corrected chi connectivity index (χ1v) is 10.9. The number of hydrogen-bond donors (Lipinski definition) is 3. The quantitative estimate of drug-likeness (QED) is 0.408. The van der Waals surface area contributed by atoms with Gasteiger partial charge in [-0.25, -0.2) is 9.67 Å². The first kappa shape index (κ1) is 22.9. The molecule has 0 radical (unpaired) electrons. The van der Waals surface area contributed by atoms with Gasteiger partial charge in [0, 0.05) is 35.0 Å². The van der Waals surface area contributed by atoms with Crippen LogP contribution in [0.3, 0.4) is 0 Å². The smallest absolute Gasteiger partial charge is 0.253 e. The van der Waals surface area contributed by atoms with Gasteiger partial charge in [-0.15, -0.1) is 0 Å². The number of nitrogens with one attached hydrogen (secondary N) is 2. The highest BCUT2D eigenvalue weighted by Gasteiger charge is 2.19. The van der Waals surface area contributed by atoms with Crippen LogP contribution in [-0.4, -0.2) is 31.6 Å². The molecule has 0 bridgehead atoms. The van der Waals surface area contributed by atoms with E-state index in [2.05, 4.69) is 15.4 Å². The molecule has 0 atom stereocenters. The first-order valence-electron chi connectivity index (χ1n) is 10.9. The van der Waals surface area contributed by atoms with Crippen molar-refractivity contribution < 1.29 is 9.59 Å². The zero-order valence-corrected chi connectivity index (χ0v) is 19.5. The molecule has 3 heterocycles. The summed E-state index contributed by atoms with van der Waals surface area (Å²) in [4.78, 5) is 44.6. The maximum absolute atomic E-state index is 13.3. The summed E-state index contributed by atoms with van der Waals surface area (Å²) in [7, 11) is 0. The van der Waals surface area contributed by atoms with Crippen LogP contribution in [0.1, 0.15) is 57.4 Å². The summed E-state index contributed by atoms with van der Waals surface area (Å²) in [5, 5.41) is 7.90. The largest absolute Gasteiger partial charge is 0.366 e. The predicted octanol–water partition coefficient (Wildman–Crippen LogP) is 3.01. The van der Waals surface area contributed by atoms with Crippen LogP contribution in [-0.2, 0) is 6.54 Å². The molecule has 2 amide bonds. The van der Waals surface area contributed by atoms with E-state index in [1.807, 2.05) is 33.8 Å². The number of H-pyrrole nitrogens is 1. The molecule has 0 spiro atoms. The molecular weight excluding hydrogens is 432 g/mol. The van der Waals surface area contributed by atoms with Crippen molar-refractivity contribution in [3.63, 3.8) is 0 Å². The molecule has 0 saturated heterocycles. The maximum Gasteiger partial charge on any atom is 0.253 e. The second kappa shape index (κ2) is 8.93. The summed E-state index contributed by atoms with van der Waals surface area (Å²) < 4.78 is 1.75. The number of carbonyl (C=O) groups excluding carboxylic acids is 2. The fourth-order valence-electron chi connectivity index (χ4n) is 3.90. The molecule has 1 aromatic carbocycles. The van der Waals surface area contributed by atoms with Gasteiger partial charge in [0.25, 0.3) is 11.5 Å². The van der Waals surface area contributed by atoms with Gasteiger partial charge >= 0.3 is 0 Å². The Bertz CT molecular complexity index is 1460. The molecule has 0 aliphatic rings. The molecule has 4 rings (SSSR count). The Kier molecular flexibility index (Phi) is 6.02. The number of primary amides is 1. The van der Waals surface area contributed by atoms with Crippen LogP contribution in [0.5, 0.6) is 0 Å². The van der Waals surface area contributed by atoms with Crippen LogP contribution in [0.25, 0.3) is 22.3 Å². The van der Waals surface area contributed by atoms with E-state index in [4.69, 9.17) is 10.7 Å². The summed E-state index contributed by atoms with van der Waals surface area (Å²) in [6.07, 6.45) is 1.63. The van der Waals surface area contributed by atoms with Crippen molar-refractivity contribution in [3.05, 3.63) is 80.9 Å². The standard InChI is InChI=1S/C25H26N6O3/c1-13(2)31-23-20(12-28-31)18(10-21(30-23)16-5-7-17(8-6-16)22(26)32)24(33)27-11-19-14(3)9-15(4)29-25(19)34/h5-10,12-13H,11H2,1-4H3,(H2,26,32)(H,27,33)(H,29,34). The Hall–Kier alpha value is -4.27. The topological polar surface area (TPSA) is 136 Å². The van der Waals surface area contributed by atoms with Gasteiger partial charge in [0.05, 0.1) is 22.8 Å². The lowest BCUT2D eigenvalue weighted by molar-refractivity contribution is 0.0951. The summed E-state index contributed by atoms with van der Waals surface area (Å²) in [5.41, 5.74) is 9.83. The van der Waals surface area contributed by atoms with E-state index in [9.17, 15) is 14.4 Å². The van der Waals surface area contributed by atoms with E-state index in [1.54, 1.807) is 41.2 Å². The third-order valence-electron chi connectivity index (χ3n) is 5.69. The molecule has 9 heteroatoms. The molecule has 34 heavy (non-hydrogen) atoms. The van der Waals surface area contributed by atoms with Crippen molar-refractivity contribution in [1.82, 2.24) is 25.1 Å². The number of pyridine rings is 2.